The minimum Gasteiger partial charge on any atom is -0.480 e. The summed E-state index contributed by atoms with van der Waals surface area (Å²) >= 11 is 0. The molecule has 0 aliphatic carbocycles. The number of ketones is 1. The number of nitrogens with zero attached hydrogens (tertiary/aromatic N) is 4. The first kappa shape index (κ1) is 31.1. The Kier molecular flexibility index (Phi) is 10.2. The van der Waals surface area contributed by atoms with Crippen molar-refractivity contribution in [3.05, 3.63) is 95.3 Å². The summed E-state index contributed by atoms with van der Waals surface area (Å²) < 4.78 is 12.6. The summed E-state index contributed by atoms with van der Waals surface area (Å²) in [6.07, 6.45) is 2.38. The summed E-state index contributed by atoms with van der Waals surface area (Å²) in [5, 5.41) is 7.80. The molecular formula is C35H41N5O4. The van der Waals surface area contributed by atoms with E-state index in [4.69, 9.17) is 14.6 Å². The smallest absolute Gasteiger partial charge is 0.256 e. The number of nitrogens with one attached hydrogen (secondary N) is 1. The Morgan fingerprint density at radius 1 is 1.02 bits per heavy atom. The van der Waals surface area contributed by atoms with Gasteiger partial charge < -0.3 is 19.7 Å². The average molecular weight is 596 g/mol. The van der Waals surface area contributed by atoms with Gasteiger partial charge >= 0.3 is 0 Å². The second-order valence-electron chi connectivity index (χ2n) is 11.3. The third-order valence-corrected chi connectivity index (χ3v) is 8.35. The molecule has 5 rings (SSSR count). The van der Waals surface area contributed by atoms with E-state index in [1.807, 2.05) is 54.9 Å². The first-order valence-electron chi connectivity index (χ1n) is 15.2. The lowest BCUT2D eigenvalue weighted by atomic mass is 9.85. The Balaban J connectivity index is 1.46. The van der Waals surface area contributed by atoms with Gasteiger partial charge in [-0.25, -0.2) is 9.67 Å². The van der Waals surface area contributed by atoms with E-state index < -0.39 is 0 Å². The van der Waals surface area contributed by atoms with Gasteiger partial charge in [-0.3, -0.25) is 9.59 Å². The highest BCUT2D eigenvalue weighted by atomic mass is 16.5. The number of amides is 1. The van der Waals surface area contributed by atoms with Gasteiger partial charge in [-0.05, 0) is 49.1 Å². The van der Waals surface area contributed by atoms with Crippen LogP contribution in [0.1, 0.15) is 46.4 Å². The maximum atomic E-state index is 13.9. The molecule has 0 unspecified atom stereocenters. The number of Topliss-reactive ketones (excluding diaryl/α,β-unsaturated/α-hetero) is 1. The predicted octanol–water partition coefficient (Wildman–Crippen LogP) is 4.86. The number of aromatic nitrogens is 3. The van der Waals surface area contributed by atoms with Crippen LogP contribution in [0.2, 0.25) is 0 Å². The van der Waals surface area contributed by atoms with Gasteiger partial charge in [-0.15, -0.1) is 0 Å². The fourth-order valence-corrected chi connectivity index (χ4v) is 6.16. The second-order valence-corrected chi connectivity index (χ2v) is 11.3. The first-order chi connectivity index (χ1) is 21.4. The molecule has 230 valence electrons. The van der Waals surface area contributed by atoms with E-state index in [1.54, 1.807) is 19.4 Å². The third kappa shape index (κ3) is 6.90. The molecule has 0 spiro atoms. The van der Waals surface area contributed by atoms with E-state index in [0.29, 0.717) is 36.4 Å². The Bertz CT molecular complexity index is 1570. The molecule has 1 amide bonds. The van der Waals surface area contributed by atoms with Crippen LogP contribution in [0.4, 0.5) is 0 Å². The van der Waals surface area contributed by atoms with Gasteiger partial charge in [0.05, 0.1) is 30.8 Å². The van der Waals surface area contributed by atoms with Gasteiger partial charge in [0.15, 0.2) is 0 Å². The zero-order valence-corrected chi connectivity index (χ0v) is 26.0. The van der Waals surface area contributed by atoms with E-state index in [2.05, 4.69) is 39.5 Å². The van der Waals surface area contributed by atoms with Gasteiger partial charge in [0.1, 0.15) is 11.3 Å². The SMILES string of the molecule is CCNC(=O)c1cc(-c2nn(-c3ccccc3)c(CC(=O)C[C@@H]3CN(CCOC)C[C@H]3c3ccccc3)c2C)cnc1OC. The molecule has 0 saturated carbocycles. The minimum absolute atomic E-state index is 0.173. The second kappa shape index (κ2) is 14.4. The molecule has 1 fully saturated rings. The number of rotatable bonds is 13. The van der Waals surface area contributed by atoms with Crippen molar-refractivity contribution in [2.75, 3.05) is 47.0 Å². The summed E-state index contributed by atoms with van der Waals surface area (Å²) in [5.74, 6) is 0.649. The zero-order chi connectivity index (χ0) is 31.1. The Hall–Kier alpha value is -4.34. The van der Waals surface area contributed by atoms with Crippen LogP contribution in [-0.2, 0) is 16.0 Å². The van der Waals surface area contributed by atoms with E-state index in [1.165, 1.54) is 12.7 Å². The zero-order valence-electron chi connectivity index (χ0n) is 26.0. The maximum absolute atomic E-state index is 13.9. The largest absolute Gasteiger partial charge is 0.480 e. The molecule has 44 heavy (non-hydrogen) atoms. The van der Waals surface area contributed by atoms with Crippen LogP contribution in [-0.4, -0.2) is 78.4 Å². The number of hydrogen-bond acceptors (Lipinski definition) is 7. The number of benzene rings is 2. The number of carbonyl (C=O) groups excluding carboxylic acids is 2. The number of hydrogen-bond donors (Lipinski definition) is 1. The van der Waals surface area contributed by atoms with Crippen molar-refractivity contribution in [1.82, 2.24) is 25.0 Å². The Morgan fingerprint density at radius 2 is 1.75 bits per heavy atom. The molecule has 9 heteroatoms. The first-order valence-corrected chi connectivity index (χ1v) is 15.2. The van der Waals surface area contributed by atoms with E-state index in [9.17, 15) is 9.59 Å². The van der Waals surface area contributed by atoms with Crippen molar-refractivity contribution in [3.63, 3.8) is 0 Å². The summed E-state index contributed by atoms with van der Waals surface area (Å²) in [6, 6.07) is 22.1. The van der Waals surface area contributed by atoms with Crippen LogP contribution in [0.25, 0.3) is 16.9 Å². The quantitative estimate of drug-likeness (QED) is 0.236. The molecule has 1 saturated heterocycles. The standard InChI is InChI=1S/C35H41N5O4/c1-5-36-34(42)30-19-26(21-37-35(30)44-4)33-24(2)32(40(38-33)28-14-10-7-11-15-28)20-29(41)18-27-22-39(16-17-43-3)23-31(27)25-12-8-6-9-13-25/h6-15,19,21,27,31H,5,16-18,20,22-23H2,1-4H3,(H,36,42)/t27-,31+/m1/s1. The van der Waals surface area contributed by atoms with Crippen LogP contribution >= 0.6 is 0 Å². The molecule has 9 nitrogen and oxygen atoms in total. The Morgan fingerprint density at radius 3 is 2.43 bits per heavy atom. The molecule has 0 bridgehead atoms. The highest BCUT2D eigenvalue weighted by Gasteiger charge is 2.35. The number of para-hydroxylation sites is 1. The van der Waals surface area contributed by atoms with Gasteiger partial charge in [0.2, 0.25) is 5.88 Å². The average Bonchev–Trinajstić information content (AvgIpc) is 3.60. The van der Waals surface area contributed by atoms with Crippen LogP contribution in [0.3, 0.4) is 0 Å². The van der Waals surface area contributed by atoms with Crippen molar-refractivity contribution in [2.45, 2.75) is 32.6 Å². The molecule has 2 aromatic carbocycles. The fraction of sp³-hybridized carbons (Fsp3) is 0.371. The van der Waals surface area contributed by atoms with E-state index in [-0.39, 0.29) is 35.8 Å². The van der Waals surface area contributed by atoms with Crippen molar-refractivity contribution in [1.29, 1.82) is 0 Å². The highest BCUT2D eigenvalue weighted by molar-refractivity contribution is 5.97. The topological polar surface area (TPSA) is 98.6 Å². The lowest BCUT2D eigenvalue weighted by Crippen LogP contribution is -2.25. The number of carbonyl (C=O) groups is 2. The summed E-state index contributed by atoms with van der Waals surface area (Å²) in [5.41, 5.74) is 5.54. The van der Waals surface area contributed by atoms with E-state index in [0.717, 1.165) is 36.6 Å². The number of ether oxygens (including phenoxy) is 2. The van der Waals surface area contributed by atoms with E-state index >= 15 is 0 Å². The molecule has 3 heterocycles. The van der Waals surface area contributed by atoms with Gasteiger partial charge in [0, 0.05) is 63.8 Å². The molecular weight excluding hydrogens is 554 g/mol. The Labute approximate surface area is 259 Å². The third-order valence-electron chi connectivity index (χ3n) is 8.35. The van der Waals surface area contributed by atoms with Crippen molar-refractivity contribution in [2.24, 2.45) is 5.92 Å². The molecule has 1 N–H and O–H groups in total. The van der Waals surface area contributed by atoms with Crippen LogP contribution in [0.5, 0.6) is 5.88 Å². The summed E-state index contributed by atoms with van der Waals surface area (Å²) in [4.78, 5) is 33.5. The summed E-state index contributed by atoms with van der Waals surface area (Å²) in [6.45, 7) is 7.61. The lowest BCUT2D eigenvalue weighted by molar-refractivity contribution is -0.119. The molecule has 2 aromatic heterocycles. The van der Waals surface area contributed by atoms with Crippen LogP contribution in [0.15, 0.2) is 72.9 Å². The fourth-order valence-electron chi connectivity index (χ4n) is 6.16. The highest BCUT2D eigenvalue weighted by Crippen LogP contribution is 2.36. The molecule has 1 aliphatic heterocycles. The number of methoxy groups -OCH3 is 2. The van der Waals surface area contributed by atoms with Gasteiger partial charge in [0.25, 0.3) is 5.91 Å². The van der Waals surface area contributed by atoms with Gasteiger partial charge in [-0.2, -0.15) is 5.10 Å². The van der Waals surface area contributed by atoms with Crippen molar-refractivity contribution < 1.29 is 19.1 Å². The monoisotopic (exact) mass is 595 g/mol. The number of pyridine rings is 1. The van der Waals surface area contributed by atoms with Gasteiger partial charge in [-0.1, -0.05) is 48.5 Å². The minimum atomic E-state index is -0.265. The normalized spacial score (nSPS) is 16.6. The lowest BCUT2D eigenvalue weighted by Gasteiger charge is -2.18. The van der Waals surface area contributed by atoms with Crippen LogP contribution in [0, 0.1) is 12.8 Å². The summed E-state index contributed by atoms with van der Waals surface area (Å²) in [7, 11) is 3.22. The molecule has 2 atom stereocenters. The van der Waals surface area contributed by atoms with Crippen LogP contribution < -0.4 is 10.1 Å². The number of likely N-dealkylation sites (tertiary alicyclic amines) is 1. The maximum Gasteiger partial charge on any atom is 0.256 e. The molecule has 0 radical (unpaired) electrons. The van der Waals surface area contributed by atoms with Crippen molar-refractivity contribution >= 4 is 11.7 Å². The predicted molar refractivity (Wildman–Crippen MR) is 170 cm³/mol. The van der Waals surface area contributed by atoms with Crippen molar-refractivity contribution in [3.8, 4) is 22.8 Å². The molecule has 1 aliphatic rings. The molecule has 4 aromatic rings.